The topological polar surface area (TPSA) is 71.1 Å². The lowest BCUT2D eigenvalue weighted by atomic mass is 10.1. The summed E-state index contributed by atoms with van der Waals surface area (Å²) in [7, 11) is 0. The van der Waals surface area contributed by atoms with Gasteiger partial charge < -0.3 is 5.32 Å². The SMILES string of the molecule is Cc1cc(C)c2nc(NC(=O)c3ccc(Cl)c(NC(=O)c4cccs4)c3)sc2c1. The lowest BCUT2D eigenvalue weighted by Crippen LogP contribution is -2.14. The summed E-state index contributed by atoms with van der Waals surface area (Å²) >= 11 is 8.96. The van der Waals surface area contributed by atoms with Gasteiger partial charge in [0.15, 0.2) is 5.13 Å². The fourth-order valence-corrected chi connectivity index (χ4v) is 4.77. The second kappa shape index (κ2) is 7.94. The zero-order chi connectivity index (χ0) is 20.5. The van der Waals surface area contributed by atoms with Gasteiger partial charge in [-0.15, -0.1) is 11.3 Å². The van der Waals surface area contributed by atoms with Crippen molar-refractivity contribution >= 4 is 67.1 Å². The summed E-state index contributed by atoms with van der Waals surface area (Å²) in [4.78, 5) is 30.1. The van der Waals surface area contributed by atoms with E-state index in [1.807, 2.05) is 19.2 Å². The molecule has 29 heavy (non-hydrogen) atoms. The molecule has 0 atom stereocenters. The first kappa shape index (κ1) is 19.6. The van der Waals surface area contributed by atoms with Crippen LogP contribution in [0.4, 0.5) is 10.8 Å². The number of anilines is 2. The maximum Gasteiger partial charge on any atom is 0.265 e. The van der Waals surface area contributed by atoms with Gasteiger partial charge in [0.25, 0.3) is 11.8 Å². The number of aryl methyl sites for hydroxylation is 2. The predicted molar refractivity (Wildman–Crippen MR) is 121 cm³/mol. The first-order valence-corrected chi connectivity index (χ1v) is 10.8. The molecule has 0 saturated heterocycles. The summed E-state index contributed by atoms with van der Waals surface area (Å²) in [5, 5.41) is 8.30. The van der Waals surface area contributed by atoms with E-state index in [-0.39, 0.29) is 11.8 Å². The third-order valence-electron chi connectivity index (χ3n) is 4.27. The number of rotatable bonds is 4. The first-order valence-electron chi connectivity index (χ1n) is 8.74. The summed E-state index contributed by atoms with van der Waals surface area (Å²) in [5.74, 6) is -0.585. The molecule has 4 aromatic rings. The molecule has 146 valence electrons. The number of benzene rings is 2. The Bertz CT molecular complexity index is 1230. The molecule has 2 amide bonds. The predicted octanol–water partition coefficient (Wildman–Crippen LogP) is 6.13. The molecular weight excluding hydrogens is 426 g/mol. The first-order chi connectivity index (χ1) is 13.9. The van der Waals surface area contributed by atoms with Gasteiger partial charge in [0.05, 0.1) is 25.8 Å². The van der Waals surface area contributed by atoms with Crippen LogP contribution in [-0.4, -0.2) is 16.8 Å². The number of thiophene rings is 1. The molecule has 2 aromatic heterocycles. The lowest BCUT2D eigenvalue weighted by Gasteiger charge is -2.08. The van der Waals surface area contributed by atoms with Crippen molar-refractivity contribution in [2.75, 3.05) is 10.6 Å². The van der Waals surface area contributed by atoms with Gasteiger partial charge in [0.2, 0.25) is 0 Å². The van der Waals surface area contributed by atoms with Crippen molar-refractivity contribution in [3.05, 3.63) is 74.4 Å². The Kier molecular flexibility index (Phi) is 5.36. The van der Waals surface area contributed by atoms with Crippen molar-refractivity contribution in [1.82, 2.24) is 4.98 Å². The maximum absolute atomic E-state index is 12.7. The van der Waals surface area contributed by atoms with Crippen LogP contribution in [0.1, 0.15) is 31.2 Å². The van der Waals surface area contributed by atoms with Crippen molar-refractivity contribution in [1.29, 1.82) is 0 Å². The minimum atomic E-state index is -0.318. The van der Waals surface area contributed by atoms with Crippen molar-refractivity contribution in [3.63, 3.8) is 0 Å². The summed E-state index contributed by atoms with van der Waals surface area (Å²) < 4.78 is 1.03. The molecule has 0 aliphatic heterocycles. The zero-order valence-corrected chi connectivity index (χ0v) is 18.0. The molecule has 0 saturated carbocycles. The van der Waals surface area contributed by atoms with Crippen LogP contribution in [0.25, 0.3) is 10.2 Å². The number of thiazole rings is 1. The van der Waals surface area contributed by atoms with Gasteiger partial charge >= 0.3 is 0 Å². The van der Waals surface area contributed by atoms with Gasteiger partial charge in [-0.2, -0.15) is 0 Å². The summed E-state index contributed by atoms with van der Waals surface area (Å²) in [6.07, 6.45) is 0. The average molecular weight is 442 g/mol. The maximum atomic E-state index is 12.7. The molecule has 0 aliphatic rings. The van der Waals surface area contributed by atoms with Gasteiger partial charge in [-0.05, 0) is 60.7 Å². The number of fused-ring (bicyclic) bond motifs is 1. The third-order valence-corrected chi connectivity index (χ3v) is 6.39. The third kappa shape index (κ3) is 4.17. The van der Waals surface area contributed by atoms with Crippen LogP contribution < -0.4 is 10.6 Å². The number of halogens is 1. The van der Waals surface area contributed by atoms with Crippen LogP contribution in [0.15, 0.2) is 47.8 Å². The number of nitrogens with zero attached hydrogens (tertiary/aromatic N) is 1. The molecular formula is C21H16ClN3O2S2. The van der Waals surface area contributed by atoms with Gasteiger partial charge in [0.1, 0.15) is 0 Å². The molecule has 0 bridgehead atoms. The Morgan fingerprint density at radius 3 is 2.62 bits per heavy atom. The smallest absolute Gasteiger partial charge is 0.265 e. The van der Waals surface area contributed by atoms with Crippen molar-refractivity contribution in [3.8, 4) is 0 Å². The van der Waals surface area contributed by atoms with E-state index in [0.717, 1.165) is 21.3 Å². The number of hydrogen-bond donors (Lipinski definition) is 2. The van der Waals surface area contributed by atoms with Crippen LogP contribution in [0, 0.1) is 13.8 Å². The Balaban J connectivity index is 1.56. The number of amides is 2. The quantitative estimate of drug-likeness (QED) is 0.400. The van der Waals surface area contributed by atoms with Gasteiger partial charge in [-0.3, -0.25) is 14.9 Å². The molecule has 2 N–H and O–H groups in total. The summed E-state index contributed by atoms with van der Waals surface area (Å²) in [6.45, 7) is 4.03. The summed E-state index contributed by atoms with van der Waals surface area (Å²) in [6, 6.07) is 12.4. The van der Waals surface area contributed by atoms with Crippen LogP contribution in [-0.2, 0) is 0 Å². The van der Waals surface area contributed by atoms with E-state index in [1.54, 1.807) is 30.3 Å². The minimum absolute atomic E-state index is 0.267. The number of carbonyl (C=O) groups is 2. The highest BCUT2D eigenvalue weighted by atomic mass is 35.5. The monoisotopic (exact) mass is 441 g/mol. The number of aromatic nitrogens is 1. The van der Waals surface area contributed by atoms with Crippen LogP contribution in [0.3, 0.4) is 0 Å². The van der Waals surface area contributed by atoms with E-state index in [1.165, 1.54) is 22.7 Å². The standard InChI is InChI=1S/C21H16ClN3O2S2/c1-11-8-12(2)18-17(9-11)29-21(24-18)25-19(26)13-5-6-14(22)15(10-13)23-20(27)16-4-3-7-28-16/h3-10H,1-2H3,(H,23,27)(H,24,25,26). The highest BCUT2D eigenvalue weighted by Gasteiger charge is 2.15. The Morgan fingerprint density at radius 2 is 1.86 bits per heavy atom. The van der Waals surface area contributed by atoms with Crippen molar-refractivity contribution in [2.24, 2.45) is 0 Å². The minimum Gasteiger partial charge on any atom is -0.320 e. The molecule has 0 spiro atoms. The van der Waals surface area contributed by atoms with E-state index in [4.69, 9.17) is 11.6 Å². The largest absolute Gasteiger partial charge is 0.320 e. The van der Waals surface area contributed by atoms with Crippen LogP contribution >= 0.6 is 34.3 Å². The lowest BCUT2D eigenvalue weighted by molar-refractivity contribution is 0.101. The molecule has 5 nitrogen and oxygen atoms in total. The fraction of sp³-hybridized carbons (Fsp3) is 0.0952. The molecule has 8 heteroatoms. The highest BCUT2D eigenvalue weighted by molar-refractivity contribution is 7.22. The Labute approximate surface area is 180 Å². The van der Waals surface area contributed by atoms with Crippen LogP contribution in [0.2, 0.25) is 5.02 Å². The van der Waals surface area contributed by atoms with E-state index < -0.39 is 0 Å². The number of hydrogen-bond acceptors (Lipinski definition) is 5. The van der Waals surface area contributed by atoms with Gasteiger partial charge in [-0.25, -0.2) is 4.98 Å². The van der Waals surface area contributed by atoms with E-state index >= 15 is 0 Å². The molecule has 4 rings (SSSR count). The number of carbonyl (C=O) groups excluding carboxylic acids is 2. The Hall–Kier alpha value is -2.74. The zero-order valence-electron chi connectivity index (χ0n) is 15.6. The van der Waals surface area contributed by atoms with E-state index in [9.17, 15) is 9.59 Å². The molecule has 0 unspecified atom stereocenters. The van der Waals surface area contributed by atoms with Crippen molar-refractivity contribution < 1.29 is 9.59 Å². The van der Waals surface area contributed by atoms with Gasteiger partial charge in [0, 0.05) is 5.56 Å². The molecule has 2 aromatic carbocycles. The molecule has 0 aliphatic carbocycles. The summed E-state index contributed by atoms with van der Waals surface area (Å²) in [5.41, 5.74) is 3.87. The van der Waals surface area contributed by atoms with Crippen LogP contribution in [0.5, 0.6) is 0 Å². The molecule has 0 radical (unpaired) electrons. The second-order valence-electron chi connectivity index (χ2n) is 6.53. The fourth-order valence-electron chi connectivity index (χ4n) is 2.95. The van der Waals surface area contributed by atoms with E-state index in [0.29, 0.717) is 26.3 Å². The number of nitrogens with one attached hydrogen (secondary N) is 2. The van der Waals surface area contributed by atoms with Gasteiger partial charge in [-0.1, -0.05) is 35.1 Å². The molecule has 2 heterocycles. The average Bonchev–Trinajstić information content (AvgIpc) is 3.33. The van der Waals surface area contributed by atoms with Crippen molar-refractivity contribution in [2.45, 2.75) is 13.8 Å². The normalized spacial score (nSPS) is 10.9. The molecule has 0 fully saturated rings. The highest BCUT2D eigenvalue weighted by Crippen LogP contribution is 2.30. The Morgan fingerprint density at radius 1 is 1.03 bits per heavy atom. The van der Waals surface area contributed by atoms with E-state index in [2.05, 4.69) is 27.8 Å². The second-order valence-corrected chi connectivity index (χ2v) is 8.91.